The first-order valence-corrected chi connectivity index (χ1v) is 6.59. The highest BCUT2D eigenvalue weighted by molar-refractivity contribution is 5.67. The lowest BCUT2D eigenvalue weighted by Gasteiger charge is -2.29. The zero-order valence-corrected chi connectivity index (χ0v) is 10.7. The van der Waals surface area contributed by atoms with Crippen LogP contribution in [-0.2, 0) is 0 Å². The smallest absolute Gasteiger partial charge is 0.151 e. The van der Waals surface area contributed by atoms with Gasteiger partial charge >= 0.3 is 0 Å². The van der Waals surface area contributed by atoms with Gasteiger partial charge in [0.05, 0.1) is 11.4 Å². The highest BCUT2D eigenvalue weighted by Crippen LogP contribution is 2.30. The summed E-state index contributed by atoms with van der Waals surface area (Å²) >= 11 is 0. The van der Waals surface area contributed by atoms with Gasteiger partial charge in [-0.15, -0.1) is 0 Å². The maximum Gasteiger partial charge on any atom is 0.151 e. The quantitative estimate of drug-likeness (QED) is 0.802. The van der Waals surface area contributed by atoms with Gasteiger partial charge in [-0.2, -0.15) is 0 Å². The van der Waals surface area contributed by atoms with Gasteiger partial charge in [-0.3, -0.25) is 0 Å². The molecule has 0 bridgehead atoms. The molecule has 1 saturated carbocycles. The van der Waals surface area contributed by atoms with E-state index in [1.165, 1.54) is 38.2 Å². The molecule has 0 heterocycles. The first-order chi connectivity index (χ1) is 8.58. The summed E-state index contributed by atoms with van der Waals surface area (Å²) in [5.74, 6) is -0.738. The number of anilines is 2. The molecule has 1 atom stereocenters. The van der Waals surface area contributed by atoms with Crippen molar-refractivity contribution >= 4 is 11.4 Å². The first kappa shape index (κ1) is 13.1. The third kappa shape index (κ3) is 2.92. The second-order valence-electron chi connectivity index (χ2n) is 5.18. The molecule has 0 aliphatic heterocycles. The Balaban J connectivity index is 2.08. The van der Waals surface area contributed by atoms with Gasteiger partial charge in [0.2, 0.25) is 0 Å². The van der Waals surface area contributed by atoms with Crippen LogP contribution in [0.5, 0.6) is 0 Å². The third-order valence-electron chi connectivity index (χ3n) is 3.83. The molecule has 2 nitrogen and oxygen atoms in total. The lowest BCUT2D eigenvalue weighted by Crippen LogP contribution is -2.28. The minimum Gasteiger partial charge on any atom is -0.395 e. The van der Waals surface area contributed by atoms with Gasteiger partial charge in [0.1, 0.15) is 5.82 Å². The van der Waals surface area contributed by atoms with Crippen LogP contribution in [0, 0.1) is 17.6 Å². The summed E-state index contributed by atoms with van der Waals surface area (Å²) in [7, 11) is 0. The normalized spacial score (nSPS) is 18.6. The van der Waals surface area contributed by atoms with E-state index in [2.05, 4.69) is 12.2 Å². The number of benzene rings is 1. The molecule has 4 heteroatoms. The Kier molecular flexibility index (Phi) is 4.04. The second kappa shape index (κ2) is 5.55. The van der Waals surface area contributed by atoms with E-state index < -0.39 is 11.6 Å². The van der Waals surface area contributed by atoms with Gasteiger partial charge in [0.15, 0.2) is 5.82 Å². The van der Waals surface area contributed by atoms with Crippen LogP contribution >= 0.6 is 0 Å². The van der Waals surface area contributed by atoms with Crippen LogP contribution in [0.1, 0.15) is 39.0 Å². The molecule has 18 heavy (non-hydrogen) atoms. The fourth-order valence-electron chi connectivity index (χ4n) is 2.70. The van der Waals surface area contributed by atoms with Crippen LogP contribution in [0.4, 0.5) is 20.2 Å². The SMILES string of the molecule is CC(Nc1cc(F)cc(F)c1N)C1CCCCC1. The van der Waals surface area contributed by atoms with Crippen LogP contribution in [0.2, 0.25) is 0 Å². The molecule has 0 spiro atoms. The molecular weight excluding hydrogens is 234 g/mol. The van der Waals surface area contributed by atoms with Crippen LogP contribution in [0.3, 0.4) is 0 Å². The zero-order valence-electron chi connectivity index (χ0n) is 10.7. The standard InChI is InChI=1S/C14H20F2N2/c1-9(10-5-3-2-4-6-10)18-13-8-11(15)7-12(16)14(13)17/h7-10,18H,2-6,17H2,1H3. The fourth-order valence-corrected chi connectivity index (χ4v) is 2.70. The Morgan fingerprint density at radius 1 is 1.22 bits per heavy atom. The number of hydrogen-bond acceptors (Lipinski definition) is 2. The Bertz CT molecular complexity index is 415. The number of rotatable bonds is 3. The van der Waals surface area contributed by atoms with Crippen LogP contribution in [-0.4, -0.2) is 6.04 Å². The highest BCUT2D eigenvalue weighted by atomic mass is 19.1. The Morgan fingerprint density at radius 2 is 1.89 bits per heavy atom. The third-order valence-corrected chi connectivity index (χ3v) is 3.83. The van der Waals surface area contributed by atoms with Crippen molar-refractivity contribution in [3.05, 3.63) is 23.8 Å². The lowest BCUT2D eigenvalue weighted by atomic mass is 9.84. The van der Waals surface area contributed by atoms with Gasteiger partial charge in [0, 0.05) is 12.1 Å². The van der Waals surface area contributed by atoms with Gasteiger partial charge < -0.3 is 11.1 Å². The van der Waals surface area contributed by atoms with Crippen molar-refractivity contribution in [2.24, 2.45) is 5.92 Å². The molecule has 2 rings (SSSR count). The van der Waals surface area contributed by atoms with E-state index in [9.17, 15) is 8.78 Å². The predicted octanol–water partition coefficient (Wildman–Crippen LogP) is 3.93. The molecule has 3 N–H and O–H groups in total. The van der Waals surface area contributed by atoms with E-state index in [0.29, 0.717) is 11.6 Å². The Morgan fingerprint density at radius 3 is 2.56 bits per heavy atom. The van der Waals surface area contributed by atoms with Gasteiger partial charge in [-0.05, 0) is 31.7 Å². The van der Waals surface area contributed by atoms with Crippen LogP contribution < -0.4 is 11.1 Å². The summed E-state index contributed by atoms with van der Waals surface area (Å²) < 4.78 is 26.5. The van der Waals surface area contributed by atoms with E-state index in [0.717, 1.165) is 6.07 Å². The fraction of sp³-hybridized carbons (Fsp3) is 0.571. The van der Waals surface area contributed by atoms with Crippen molar-refractivity contribution in [1.29, 1.82) is 0 Å². The zero-order chi connectivity index (χ0) is 13.1. The molecule has 0 saturated heterocycles. The average Bonchev–Trinajstić information content (AvgIpc) is 2.36. The maximum atomic E-state index is 13.3. The van der Waals surface area contributed by atoms with Gasteiger partial charge in [0.25, 0.3) is 0 Å². The van der Waals surface area contributed by atoms with Crippen molar-refractivity contribution in [2.45, 2.75) is 45.1 Å². The van der Waals surface area contributed by atoms with Crippen LogP contribution in [0.15, 0.2) is 12.1 Å². The molecule has 1 unspecified atom stereocenters. The molecule has 1 fully saturated rings. The summed E-state index contributed by atoms with van der Waals surface area (Å²) in [6, 6.07) is 2.26. The monoisotopic (exact) mass is 254 g/mol. The van der Waals surface area contributed by atoms with Crippen molar-refractivity contribution in [2.75, 3.05) is 11.1 Å². The highest BCUT2D eigenvalue weighted by Gasteiger charge is 2.21. The number of nitrogen functional groups attached to an aromatic ring is 1. The minimum absolute atomic E-state index is 0.000871. The van der Waals surface area contributed by atoms with E-state index in [1.807, 2.05) is 0 Å². The number of halogens is 2. The number of hydrogen-bond donors (Lipinski definition) is 2. The molecule has 1 aliphatic rings. The number of nitrogens with one attached hydrogen (secondary N) is 1. The summed E-state index contributed by atoms with van der Waals surface area (Å²) in [6.07, 6.45) is 6.12. The molecule has 100 valence electrons. The van der Waals surface area contributed by atoms with E-state index >= 15 is 0 Å². The molecular formula is C14H20F2N2. The van der Waals surface area contributed by atoms with Crippen molar-refractivity contribution in [3.8, 4) is 0 Å². The van der Waals surface area contributed by atoms with Crippen molar-refractivity contribution in [3.63, 3.8) is 0 Å². The summed E-state index contributed by atoms with van der Waals surface area (Å²) in [5, 5.41) is 3.16. The second-order valence-corrected chi connectivity index (χ2v) is 5.18. The largest absolute Gasteiger partial charge is 0.395 e. The van der Waals surface area contributed by atoms with Gasteiger partial charge in [-0.1, -0.05) is 19.3 Å². The van der Waals surface area contributed by atoms with Crippen molar-refractivity contribution < 1.29 is 8.78 Å². The Hall–Kier alpha value is -1.32. The van der Waals surface area contributed by atoms with E-state index in [4.69, 9.17) is 5.73 Å². The van der Waals surface area contributed by atoms with Crippen molar-refractivity contribution in [1.82, 2.24) is 0 Å². The van der Waals surface area contributed by atoms with Gasteiger partial charge in [-0.25, -0.2) is 8.78 Å². The lowest BCUT2D eigenvalue weighted by molar-refractivity contribution is 0.328. The molecule has 1 aliphatic carbocycles. The Labute approximate surface area is 107 Å². The predicted molar refractivity (Wildman–Crippen MR) is 70.4 cm³/mol. The molecule has 1 aromatic rings. The molecule has 1 aromatic carbocycles. The molecule has 0 aromatic heterocycles. The van der Waals surface area contributed by atoms with Crippen LogP contribution in [0.25, 0.3) is 0 Å². The summed E-state index contributed by atoms with van der Waals surface area (Å²) in [5.41, 5.74) is 5.99. The topological polar surface area (TPSA) is 38.0 Å². The molecule has 0 amide bonds. The molecule has 0 radical (unpaired) electrons. The summed E-state index contributed by atoms with van der Waals surface area (Å²) in [4.78, 5) is 0. The average molecular weight is 254 g/mol. The maximum absolute atomic E-state index is 13.3. The van der Waals surface area contributed by atoms with E-state index in [-0.39, 0.29) is 11.7 Å². The summed E-state index contributed by atoms with van der Waals surface area (Å²) in [6.45, 7) is 2.05. The van der Waals surface area contributed by atoms with E-state index in [1.54, 1.807) is 0 Å². The number of nitrogens with two attached hydrogens (primary N) is 1. The minimum atomic E-state index is -0.701. The first-order valence-electron chi connectivity index (χ1n) is 6.59.